The third-order valence-corrected chi connectivity index (χ3v) is 4.50. The molecule has 0 radical (unpaired) electrons. The topological polar surface area (TPSA) is 61.6 Å². The summed E-state index contributed by atoms with van der Waals surface area (Å²) in [7, 11) is 1.69. The summed E-state index contributed by atoms with van der Waals surface area (Å²) in [5, 5.41) is 14.6. The van der Waals surface area contributed by atoms with Crippen molar-refractivity contribution in [1.29, 1.82) is 0 Å². The van der Waals surface area contributed by atoms with Gasteiger partial charge < -0.3 is 10.0 Å². The maximum atomic E-state index is 12.7. The van der Waals surface area contributed by atoms with Crippen LogP contribution in [0.15, 0.2) is 36.5 Å². The molecule has 1 atom stereocenters. The number of aliphatic hydroxyl groups excluding tert-OH is 1. The first-order chi connectivity index (χ1) is 11.5. The van der Waals surface area contributed by atoms with Crippen LogP contribution >= 0.6 is 11.6 Å². The fraction of sp³-hybridized carbons (Fsp3) is 0.412. The number of carbonyl (C=O) groups is 1. The molecule has 2 aromatic rings. The lowest BCUT2D eigenvalue weighted by molar-refractivity contribution is 0.0653. The Labute approximate surface area is 146 Å². The van der Waals surface area contributed by atoms with Gasteiger partial charge in [0.25, 0.3) is 5.91 Å². The molecule has 1 aliphatic heterocycles. The van der Waals surface area contributed by atoms with Crippen LogP contribution in [0.5, 0.6) is 0 Å². The second-order valence-electron chi connectivity index (χ2n) is 6.09. The van der Waals surface area contributed by atoms with Gasteiger partial charge in [-0.05, 0) is 5.56 Å². The highest BCUT2D eigenvalue weighted by molar-refractivity contribution is 6.33. The van der Waals surface area contributed by atoms with E-state index in [0.29, 0.717) is 36.9 Å². The minimum absolute atomic E-state index is 0.194. The summed E-state index contributed by atoms with van der Waals surface area (Å²) < 4.78 is 1.48. The van der Waals surface area contributed by atoms with E-state index in [4.69, 9.17) is 11.6 Å². The van der Waals surface area contributed by atoms with Crippen LogP contribution < -0.4 is 0 Å². The van der Waals surface area contributed by atoms with Crippen molar-refractivity contribution in [3.05, 3.63) is 52.8 Å². The lowest BCUT2D eigenvalue weighted by Gasteiger charge is -2.22. The minimum Gasteiger partial charge on any atom is -0.390 e. The Morgan fingerprint density at radius 1 is 1.29 bits per heavy atom. The average molecular weight is 349 g/mol. The van der Waals surface area contributed by atoms with Crippen molar-refractivity contribution in [1.82, 2.24) is 19.6 Å². The Balaban J connectivity index is 1.69. The SMILES string of the molecule is Cn1ncc(Cl)c1C(=O)N1CCN(Cc2ccccc2)CC(O)C1. The number of aryl methyl sites for hydroxylation is 1. The van der Waals surface area contributed by atoms with E-state index < -0.39 is 6.10 Å². The lowest BCUT2D eigenvalue weighted by Crippen LogP contribution is -2.38. The van der Waals surface area contributed by atoms with E-state index >= 15 is 0 Å². The number of rotatable bonds is 3. The predicted octanol–water partition coefficient (Wildman–Crippen LogP) is 1.39. The molecule has 2 heterocycles. The second kappa shape index (κ2) is 7.34. The second-order valence-corrected chi connectivity index (χ2v) is 6.50. The van der Waals surface area contributed by atoms with Gasteiger partial charge in [0.05, 0.1) is 17.3 Å². The number of benzene rings is 1. The smallest absolute Gasteiger partial charge is 0.273 e. The first-order valence-corrected chi connectivity index (χ1v) is 8.33. The quantitative estimate of drug-likeness (QED) is 0.910. The van der Waals surface area contributed by atoms with Crippen LogP contribution in [-0.4, -0.2) is 62.9 Å². The van der Waals surface area contributed by atoms with Crippen LogP contribution in [-0.2, 0) is 13.6 Å². The van der Waals surface area contributed by atoms with Crippen molar-refractivity contribution < 1.29 is 9.90 Å². The van der Waals surface area contributed by atoms with Crippen LogP contribution in [0.3, 0.4) is 0 Å². The van der Waals surface area contributed by atoms with Crippen molar-refractivity contribution in [2.24, 2.45) is 7.05 Å². The molecule has 1 aromatic heterocycles. The largest absolute Gasteiger partial charge is 0.390 e. The monoisotopic (exact) mass is 348 g/mol. The molecule has 128 valence electrons. The van der Waals surface area contributed by atoms with Gasteiger partial charge in [0.15, 0.2) is 0 Å². The van der Waals surface area contributed by atoms with Crippen LogP contribution in [0, 0.1) is 0 Å². The lowest BCUT2D eigenvalue weighted by atomic mass is 10.2. The maximum Gasteiger partial charge on any atom is 0.273 e. The fourth-order valence-corrected chi connectivity index (χ4v) is 3.27. The first kappa shape index (κ1) is 17.0. The van der Waals surface area contributed by atoms with Crippen molar-refractivity contribution in [3.8, 4) is 0 Å². The van der Waals surface area contributed by atoms with Crippen molar-refractivity contribution in [3.63, 3.8) is 0 Å². The summed E-state index contributed by atoms with van der Waals surface area (Å²) in [4.78, 5) is 16.5. The van der Waals surface area contributed by atoms with Gasteiger partial charge in [-0.15, -0.1) is 0 Å². The highest BCUT2D eigenvalue weighted by atomic mass is 35.5. The van der Waals surface area contributed by atoms with Gasteiger partial charge in [-0.1, -0.05) is 41.9 Å². The molecule has 3 rings (SSSR count). The molecule has 1 aromatic carbocycles. The number of carbonyl (C=O) groups excluding carboxylic acids is 1. The zero-order chi connectivity index (χ0) is 17.1. The molecular weight excluding hydrogens is 328 g/mol. The Morgan fingerprint density at radius 3 is 2.71 bits per heavy atom. The average Bonchev–Trinajstić information content (AvgIpc) is 2.78. The van der Waals surface area contributed by atoms with Gasteiger partial charge in [-0.2, -0.15) is 5.10 Å². The highest BCUT2D eigenvalue weighted by Crippen LogP contribution is 2.18. The minimum atomic E-state index is -0.591. The molecular formula is C17H21ClN4O2. The van der Waals surface area contributed by atoms with Gasteiger partial charge >= 0.3 is 0 Å². The Kier molecular flexibility index (Phi) is 5.18. The third-order valence-electron chi connectivity index (χ3n) is 4.22. The number of halogens is 1. The highest BCUT2D eigenvalue weighted by Gasteiger charge is 2.28. The summed E-state index contributed by atoms with van der Waals surface area (Å²) in [6.07, 6.45) is 0.872. The van der Waals surface area contributed by atoms with E-state index in [1.807, 2.05) is 18.2 Å². The molecule has 1 unspecified atom stereocenters. The summed E-state index contributed by atoms with van der Waals surface area (Å²) >= 11 is 6.07. The Morgan fingerprint density at radius 2 is 2.04 bits per heavy atom. The molecule has 24 heavy (non-hydrogen) atoms. The molecule has 0 spiro atoms. The van der Waals surface area contributed by atoms with Crippen molar-refractivity contribution >= 4 is 17.5 Å². The van der Waals surface area contributed by atoms with Gasteiger partial charge in [-0.25, -0.2) is 0 Å². The maximum absolute atomic E-state index is 12.7. The van der Waals surface area contributed by atoms with Gasteiger partial charge in [0.2, 0.25) is 0 Å². The van der Waals surface area contributed by atoms with E-state index in [2.05, 4.69) is 22.1 Å². The molecule has 0 bridgehead atoms. The number of aliphatic hydroxyl groups is 1. The zero-order valence-corrected chi connectivity index (χ0v) is 14.4. The van der Waals surface area contributed by atoms with E-state index in [1.165, 1.54) is 16.4 Å². The van der Waals surface area contributed by atoms with Gasteiger partial charge in [0, 0.05) is 39.8 Å². The van der Waals surface area contributed by atoms with Gasteiger partial charge in [-0.3, -0.25) is 14.4 Å². The van der Waals surface area contributed by atoms with Crippen LogP contribution in [0.1, 0.15) is 16.1 Å². The number of amides is 1. The molecule has 1 amide bonds. The molecule has 7 heteroatoms. The normalized spacial score (nSPS) is 19.3. The number of β-amino-alcohol motifs (C(OH)–C–C–N with tert-alkyl or cyclic N) is 1. The summed E-state index contributed by atoms with van der Waals surface area (Å²) in [5.74, 6) is -0.194. The Hall–Kier alpha value is -1.89. The number of aromatic nitrogens is 2. The van der Waals surface area contributed by atoms with Gasteiger partial charge in [0.1, 0.15) is 5.69 Å². The molecule has 1 fully saturated rings. The van der Waals surface area contributed by atoms with E-state index in [-0.39, 0.29) is 5.91 Å². The van der Waals surface area contributed by atoms with E-state index in [9.17, 15) is 9.90 Å². The molecule has 1 aliphatic rings. The fourth-order valence-electron chi connectivity index (χ4n) is 3.03. The van der Waals surface area contributed by atoms with Crippen LogP contribution in [0.4, 0.5) is 0 Å². The third kappa shape index (κ3) is 3.77. The summed E-state index contributed by atoms with van der Waals surface area (Å²) in [6, 6.07) is 10.1. The standard InChI is InChI=1S/C17H21ClN4O2/c1-20-16(15(18)9-19-20)17(24)22-8-7-21(11-14(23)12-22)10-13-5-3-2-4-6-13/h2-6,9,14,23H,7-8,10-12H2,1H3. The van der Waals surface area contributed by atoms with E-state index in [0.717, 1.165) is 6.54 Å². The molecule has 0 saturated carbocycles. The zero-order valence-electron chi connectivity index (χ0n) is 13.6. The molecule has 1 N–H and O–H groups in total. The first-order valence-electron chi connectivity index (χ1n) is 7.95. The number of nitrogens with zero attached hydrogens (tertiary/aromatic N) is 4. The number of hydrogen-bond donors (Lipinski definition) is 1. The predicted molar refractivity (Wildman–Crippen MR) is 91.8 cm³/mol. The summed E-state index contributed by atoms with van der Waals surface area (Å²) in [5.41, 5.74) is 1.56. The van der Waals surface area contributed by atoms with Crippen molar-refractivity contribution in [2.45, 2.75) is 12.6 Å². The van der Waals surface area contributed by atoms with E-state index in [1.54, 1.807) is 11.9 Å². The van der Waals surface area contributed by atoms with Crippen LogP contribution in [0.2, 0.25) is 5.02 Å². The summed E-state index contributed by atoms with van der Waals surface area (Å²) in [6.45, 7) is 2.84. The molecule has 1 saturated heterocycles. The molecule has 6 nitrogen and oxygen atoms in total. The van der Waals surface area contributed by atoms with Crippen LogP contribution in [0.25, 0.3) is 0 Å². The number of hydrogen-bond acceptors (Lipinski definition) is 4. The Bertz CT molecular complexity index is 684. The molecule has 0 aliphatic carbocycles. The van der Waals surface area contributed by atoms with Crippen molar-refractivity contribution in [2.75, 3.05) is 26.2 Å².